The highest BCUT2D eigenvalue weighted by Crippen LogP contribution is 2.09. The lowest BCUT2D eigenvalue weighted by molar-refractivity contribution is -0.160. The number of carboxylic acid groups (broad SMARTS) is 1. The molecule has 0 heterocycles. The summed E-state index contributed by atoms with van der Waals surface area (Å²) in [6.07, 6.45) is -1.21. The molecule has 1 unspecified atom stereocenters. The van der Waals surface area contributed by atoms with Crippen molar-refractivity contribution < 1.29 is 19.7 Å². The average Bonchev–Trinajstić information content (AvgIpc) is 1.63. The van der Waals surface area contributed by atoms with Gasteiger partial charge in [-0.25, -0.2) is 4.79 Å². The maximum Gasteiger partial charge on any atom is 0.508 e. The minimum atomic E-state index is -1.54. The van der Waals surface area contributed by atoms with E-state index in [2.05, 4.69) is 4.74 Å². The molecule has 2 N–H and O–H groups in total. The molecule has 0 rings (SSSR count). The van der Waals surface area contributed by atoms with Crippen molar-refractivity contribution in [2.45, 2.75) is 26.1 Å². The van der Waals surface area contributed by atoms with Crippen LogP contribution in [0.4, 0.5) is 4.79 Å². The molecule has 0 spiro atoms. The Hall–Kier alpha value is -0.770. The third kappa shape index (κ3) is 3.78. The summed E-state index contributed by atoms with van der Waals surface area (Å²) in [5.74, 6) is -1.54. The average molecular weight is 134 g/mol. The topological polar surface area (TPSA) is 66.8 Å². The van der Waals surface area contributed by atoms with Gasteiger partial charge in [0.05, 0.1) is 0 Å². The molecule has 0 aromatic rings. The van der Waals surface area contributed by atoms with Gasteiger partial charge in [-0.2, -0.15) is 0 Å². The SMILES string of the molecule is CCC(C)(O)OC(=O)O. The van der Waals surface area contributed by atoms with Crippen LogP contribution in [0.5, 0.6) is 0 Å². The van der Waals surface area contributed by atoms with E-state index in [4.69, 9.17) is 10.2 Å². The van der Waals surface area contributed by atoms with Gasteiger partial charge in [-0.15, -0.1) is 0 Å². The van der Waals surface area contributed by atoms with Crippen molar-refractivity contribution in [2.24, 2.45) is 0 Å². The van der Waals surface area contributed by atoms with Crippen molar-refractivity contribution in [2.75, 3.05) is 0 Å². The largest absolute Gasteiger partial charge is 0.508 e. The highest BCUT2D eigenvalue weighted by molar-refractivity contribution is 5.57. The number of ether oxygens (including phenoxy) is 1. The van der Waals surface area contributed by atoms with Crippen molar-refractivity contribution in [3.63, 3.8) is 0 Å². The number of carbonyl (C=O) groups is 1. The molecule has 0 fully saturated rings. The minimum Gasteiger partial charge on any atom is -0.450 e. The van der Waals surface area contributed by atoms with Gasteiger partial charge in [-0.3, -0.25) is 0 Å². The van der Waals surface area contributed by atoms with Crippen LogP contribution < -0.4 is 0 Å². The molecule has 0 radical (unpaired) electrons. The number of rotatable bonds is 2. The number of aliphatic hydroxyl groups is 1. The van der Waals surface area contributed by atoms with E-state index in [0.717, 1.165) is 0 Å². The van der Waals surface area contributed by atoms with Gasteiger partial charge < -0.3 is 14.9 Å². The molecule has 0 bridgehead atoms. The molecule has 54 valence electrons. The van der Waals surface area contributed by atoms with E-state index in [0.29, 0.717) is 0 Å². The van der Waals surface area contributed by atoms with E-state index in [1.165, 1.54) is 6.92 Å². The van der Waals surface area contributed by atoms with E-state index < -0.39 is 11.9 Å². The maximum absolute atomic E-state index is 9.79. The Balaban J connectivity index is 3.71. The zero-order valence-corrected chi connectivity index (χ0v) is 5.42. The van der Waals surface area contributed by atoms with Gasteiger partial charge in [0.1, 0.15) is 0 Å². The molecule has 0 amide bonds. The van der Waals surface area contributed by atoms with Crippen LogP contribution >= 0.6 is 0 Å². The summed E-state index contributed by atoms with van der Waals surface area (Å²) in [6.45, 7) is 2.92. The lowest BCUT2D eigenvalue weighted by Gasteiger charge is -2.18. The summed E-state index contributed by atoms with van der Waals surface area (Å²) in [5.41, 5.74) is 0. The summed E-state index contributed by atoms with van der Waals surface area (Å²) >= 11 is 0. The first-order valence-corrected chi connectivity index (χ1v) is 2.62. The molecule has 1 atom stereocenters. The van der Waals surface area contributed by atoms with Crippen molar-refractivity contribution in [3.8, 4) is 0 Å². The van der Waals surface area contributed by atoms with E-state index in [9.17, 15) is 4.79 Å². The molecule has 9 heavy (non-hydrogen) atoms. The highest BCUT2D eigenvalue weighted by atomic mass is 16.7. The van der Waals surface area contributed by atoms with Gasteiger partial charge >= 0.3 is 6.16 Å². The molecule has 0 aromatic carbocycles. The standard InChI is InChI=1S/C5H10O4/c1-3-5(2,8)9-4(6)7/h8H,3H2,1-2H3,(H,6,7). The van der Waals surface area contributed by atoms with Crippen LogP contribution in [-0.2, 0) is 4.74 Å². The number of hydrogen-bond donors (Lipinski definition) is 2. The Morgan fingerprint density at radius 2 is 2.22 bits per heavy atom. The Morgan fingerprint density at radius 1 is 1.78 bits per heavy atom. The molecule has 0 aromatic heterocycles. The highest BCUT2D eigenvalue weighted by Gasteiger charge is 2.21. The van der Waals surface area contributed by atoms with Gasteiger partial charge in [0.15, 0.2) is 0 Å². The fraction of sp³-hybridized carbons (Fsp3) is 0.800. The fourth-order valence-electron chi connectivity index (χ4n) is 0.260. The summed E-state index contributed by atoms with van der Waals surface area (Å²) in [4.78, 5) is 9.79. The molecule has 0 saturated heterocycles. The Labute approximate surface area is 53.1 Å². The van der Waals surface area contributed by atoms with E-state index >= 15 is 0 Å². The minimum absolute atomic E-state index is 0.249. The van der Waals surface area contributed by atoms with Gasteiger partial charge in [-0.05, 0) is 0 Å². The first kappa shape index (κ1) is 8.23. The normalized spacial score (nSPS) is 16.3. The van der Waals surface area contributed by atoms with E-state index in [1.807, 2.05) is 0 Å². The van der Waals surface area contributed by atoms with E-state index in [1.54, 1.807) is 6.92 Å². The zero-order valence-electron chi connectivity index (χ0n) is 5.42. The molecule has 0 aliphatic carbocycles. The Morgan fingerprint density at radius 3 is 2.33 bits per heavy atom. The smallest absolute Gasteiger partial charge is 0.450 e. The lowest BCUT2D eigenvalue weighted by atomic mass is 10.2. The van der Waals surface area contributed by atoms with Crippen LogP contribution in [0.2, 0.25) is 0 Å². The predicted molar refractivity (Wildman–Crippen MR) is 30.0 cm³/mol. The monoisotopic (exact) mass is 134 g/mol. The molecule has 4 heteroatoms. The second-order valence-electron chi connectivity index (χ2n) is 1.90. The van der Waals surface area contributed by atoms with Crippen LogP contribution in [0.1, 0.15) is 20.3 Å². The predicted octanol–water partition coefficient (Wildman–Crippen LogP) is 0.800. The quantitative estimate of drug-likeness (QED) is 0.433. The molecule has 0 aliphatic heterocycles. The molecular weight excluding hydrogens is 124 g/mol. The lowest BCUT2D eigenvalue weighted by Crippen LogP contribution is -2.29. The van der Waals surface area contributed by atoms with Crippen LogP contribution in [-0.4, -0.2) is 22.2 Å². The summed E-state index contributed by atoms with van der Waals surface area (Å²) in [5, 5.41) is 16.9. The van der Waals surface area contributed by atoms with Crippen molar-refractivity contribution in [1.29, 1.82) is 0 Å². The number of hydrogen-bond acceptors (Lipinski definition) is 3. The van der Waals surface area contributed by atoms with Gasteiger partial charge in [-0.1, -0.05) is 6.92 Å². The second-order valence-corrected chi connectivity index (χ2v) is 1.90. The van der Waals surface area contributed by atoms with Crippen molar-refractivity contribution in [1.82, 2.24) is 0 Å². The fourth-order valence-corrected chi connectivity index (χ4v) is 0.260. The summed E-state index contributed by atoms with van der Waals surface area (Å²) < 4.78 is 4.06. The zero-order chi connectivity index (χ0) is 7.49. The Kier molecular flexibility index (Phi) is 2.45. The van der Waals surface area contributed by atoms with Crippen LogP contribution in [0, 0.1) is 0 Å². The second kappa shape index (κ2) is 2.68. The van der Waals surface area contributed by atoms with Gasteiger partial charge in [0, 0.05) is 13.3 Å². The van der Waals surface area contributed by atoms with Gasteiger partial charge in [0.2, 0.25) is 5.79 Å². The van der Waals surface area contributed by atoms with Crippen molar-refractivity contribution >= 4 is 6.16 Å². The third-order valence-electron chi connectivity index (χ3n) is 0.963. The van der Waals surface area contributed by atoms with Crippen LogP contribution in [0.25, 0.3) is 0 Å². The first-order valence-electron chi connectivity index (χ1n) is 2.62. The molecule has 4 nitrogen and oxygen atoms in total. The molecule has 0 aliphatic rings. The van der Waals surface area contributed by atoms with Crippen molar-refractivity contribution in [3.05, 3.63) is 0 Å². The van der Waals surface area contributed by atoms with E-state index in [-0.39, 0.29) is 6.42 Å². The van der Waals surface area contributed by atoms with Crippen LogP contribution in [0.3, 0.4) is 0 Å². The molecular formula is C5H10O4. The maximum atomic E-state index is 9.79. The van der Waals surface area contributed by atoms with Crippen LogP contribution in [0.15, 0.2) is 0 Å². The Bertz CT molecular complexity index is 108. The summed E-state index contributed by atoms with van der Waals surface area (Å²) in [6, 6.07) is 0. The molecule has 0 saturated carbocycles. The first-order chi connectivity index (χ1) is 3.98. The third-order valence-corrected chi connectivity index (χ3v) is 0.963. The summed E-state index contributed by atoms with van der Waals surface area (Å²) in [7, 11) is 0. The van der Waals surface area contributed by atoms with Gasteiger partial charge in [0.25, 0.3) is 0 Å².